The third-order valence-corrected chi connectivity index (χ3v) is 20.2. The van der Waals surface area contributed by atoms with Gasteiger partial charge in [-0.05, 0) is 47.2 Å². The molecule has 24 nitrogen and oxygen atoms in total. The van der Waals surface area contributed by atoms with E-state index in [1.165, 1.54) is 26.0 Å². The van der Waals surface area contributed by atoms with E-state index in [0.717, 1.165) is 22.7 Å². The number of imide groups is 6. The molecule has 0 N–H and O–H groups in total. The van der Waals surface area contributed by atoms with Crippen LogP contribution in [0.25, 0.3) is 11.1 Å². The number of fused-ring (bicyclic) bond motifs is 7. The number of ether oxygens (including phenoxy) is 8. The Bertz CT molecular complexity index is 5000. The Morgan fingerprint density at radius 1 is 0.407 bits per heavy atom. The SMILES string of the molecule is CC1=C(C#N)C(=O)N(C(=O)OCc2ccccc2)C(=O)/C1=N\c1cc2c(s1)C1=CC3C=C4C(=CC3C=C1C(C(=O)OCc1ccccc1)(C(=O)OCc1ccccc1)O2)c1sc(/N=C2/C(=O)N(C(=O)OCc3ccccc3)C(=O)C(C#N)=C2C)cc1OC4(C(=O)OCc1ccccc1)C(=O)OCc1ccccc1. The van der Waals surface area contributed by atoms with Crippen LogP contribution >= 0.6 is 22.7 Å². The zero-order valence-electron chi connectivity index (χ0n) is 57.0. The summed E-state index contributed by atoms with van der Waals surface area (Å²) in [6.07, 6.45) is 3.65. The van der Waals surface area contributed by atoms with E-state index in [0.29, 0.717) is 33.4 Å². The first kappa shape index (κ1) is 71.2. The number of thiophene rings is 2. The molecule has 2 aliphatic carbocycles. The van der Waals surface area contributed by atoms with E-state index in [-0.39, 0.29) is 114 Å². The van der Waals surface area contributed by atoms with Gasteiger partial charge in [-0.25, -0.2) is 38.8 Å². The Balaban J connectivity index is 0.942. The molecular weight excluding hydrogens is 1420 g/mol. The zero-order chi connectivity index (χ0) is 75.4. The fourth-order valence-electron chi connectivity index (χ4n) is 12.7. The van der Waals surface area contributed by atoms with Crippen molar-refractivity contribution in [1.29, 1.82) is 10.5 Å². The molecule has 534 valence electrons. The minimum Gasteiger partial charge on any atom is -0.458 e. The summed E-state index contributed by atoms with van der Waals surface area (Å²) in [6, 6.07) is 57.3. The molecule has 14 rings (SSSR count). The first-order chi connectivity index (χ1) is 52.4. The van der Waals surface area contributed by atoms with Gasteiger partial charge in [-0.1, -0.05) is 206 Å². The van der Waals surface area contributed by atoms with Gasteiger partial charge in [0, 0.05) is 57.4 Å². The lowest BCUT2D eigenvalue weighted by Gasteiger charge is -2.42. The highest BCUT2D eigenvalue weighted by atomic mass is 32.1. The standard InChI is InChI=1S/C82H56N6O18S2/c1-47-59(39-83)71(89)87(79(97)103-45-53-29-17-7-18-30-53)73(91)67(47)85-65-37-63-69(107-65)57-33-55-36-62-58(34-56(55)35-61(57)81(105-63,75(93)99-41-49-21-9-3-10-22-49)76(94)100-42-50-23-11-4-12-24-50)70-64(106-82(62,77(95)101-43-51-25-13-5-14-26-51)78(96)102-44-52-27-15-6-16-28-52)38-66(108-70)86-68-48(2)60(40-84)72(90)88(74(68)92)80(98)104-46-54-31-19-8-20-32-54/h3-38,55-56H,41-46H2,1-2H3/b85-67-,86-68+. The molecule has 6 heterocycles. The van der Waals surface area contributed by atoms with E-state index in [1.54, 1.807) is 218 Å². The third-order valence-electron chi connectivity index (χ3n) is 18.2. The Kier molecular flexibility index (Phi) is 19.8. The predicted octanol–water partition coefficient (Wildman–Crippen LogP) is 12.9. The summed E-state index contributed by atoms with van der Waals surface area (Å²) in [5.41, 5.74) is -5.36. The van der Waals surface area contributed by atoms with Crippen molar-refractivity contribution in [3.05, 3.63) is 295 Å². The van der Waals surface area contributed by atoms with Gasteiger partial charge in [0.2, 0.25) is 0 Å². The maximum absolute atomic E-state index is 15.7. The van der Waals surface area contributed by atoms with E-state index >= 15 is 19.2 Å². The van der Waals surface area contributed by atoms with Crippen LogP contribution in [0, 0.1) is 34.5 Å². The molecule has 0 saturated heterocycles. The molecular formula is C82H56N6O18S2. The monoisotopic (exact) mass is 1480 g/mol. The van der Waals surface area contributed by atoms with Crippen molar-refractivity contribution in [1.82, 2.24) is 9.80 Å². The largest absolute Gasteiger partial charge is 0.458 e. The second kappa shape index (κ2) is 30.1. The fourth-order valence-corrected chi connectivity index (χ4v) is 14.7. The average Bonchev–Trinajstić information content (AvgIpc) is 1.27. The normalized spacial score (nSPS) is 17.9. The van der Waals surface area contributed by atoms with E-state index in [9.17, 15) is 39.3 Å². The van der Waals surface area contributed by atoms with Crippen LogP contribution in [0.2, 0.25) is 0 Å². The highest BCUT2D eigenvalue weighted by molar-refractivity contribution is 7.17. The molecule has 2 aromatic heterocycles. The number of rotatable bonds is 18. The van der Waals surface area contributed by atoms with E-state index in [4.69, 9.17) is 37.9 Å². The number of allylic oxidation sites excluding steroid dienone is 4. The minimum atomic E-state index is -2.87. The molecule has 8 aromatic rings. The Labute approximate surface area is 622 Å². The van der Waals surface area contributed by atoms with Crippen LogP contribution in [0.3, 0.4) is 0 Å². The Morgan fingerprint density at radius 2 is 0.676 bits per heavy atom. The molecule has 2 atom stereocenters. The summed E-state index contributed by atoms with van der Waals surface area (Å²) in [4.78, 5) is 157. The van der Waals surface area contributed by atoms with Gasteiger partial charge in [-0.2, -0.15) is 20.3 Å². The van der Waals surface area contributed by atoms with Crippen molar-refractivity contribution in [2.45, 2.75) is 64.7 Å². The van der Waals surface area contributed by atoms with Crippen molar-refractivity contribution >= 4 is 115 Å². The van der Waals surface area contributed by atoms with Crippen LogP contribution in [0.1, 0.15) is 57.0 Å². The average molecular weight is 1480 g/mol. The highest BCUT2D eigenvalue weighted by Gasteiger charge is 2.63. The number of hydrogen-bond donors (Lipinski definition) is 0. The number of hydrogen-bond acceptors (Lipinski definition) is 24. The van der Waals surface area contributed by atoms with Crippen molar-refractivity contribution in [3.63, 3.8) is 0 Å². The quantitative estimate of drug-likeness (QED) is 0.0333. The lowest BCUT2D eigenvalue weighted by Crippen LogP contribution is -2.58. The van der Waals surface area contributed by atoms with Gasteiger partial charge in [0.25, 0.3) is 23.6 Å². The number of esters is 4. The molecule has 0 spiro atoms. The maximum Gasteiger partial charge on any atom is 0.424 e. The molecule has 6 aromatic carbocycles. The maximum atomic E-state index is 15.7. The molecule has 2 unspecified atom stereocenters. The van der Waals surface area contributed by atoms with Gasteiger partial charge in [0.05, 0.1) is 9.75 Å². The summed E-state index contributed by atoms with van der Waals surface area (Å²) < 4.78 is 49.0. The molecule has 108 heavy (non-hydrogen) atoms. The van der Waals surface area contributed by atoms with Gasteiger partial charge in [-0.3, -0.25) is 19.2 Å². The summed E-state index contributed by atoms with van der Waals surface area (Å²) in [5, 5.41) is 20.6. The number of benzene rings is 6. The van der Waals surface area contributed by atoms with Gasteiger partial charge in [-0.15, -0.1) is 22.7 Å². The number of aliphatic imine (C=N–C) groups is 2. The molecule has 6 aliphatic rings. The van der Waals surface area contributed by atoms with Crippen LogP contribution in [0.4, 0.5) is 19.6 Å². The first-order valence-corrected chi connectivity index (χ1v) is 35.0. The lowest BCUT2D eigenvalue weighted by atomic mass is 9.68. The molecule has 6 amide bonds. The lowest BCUT2D eigenvalue weighted by molar-refractivity contribution is -0.179. The summed E-state index contributed by atoms with van der Waals surface area (Å²) in [5.74, 6) is -12.5. The van der Waals surface area contributed by atoms with Crippen molar-refractivity contribution in [3.8, 4) is 23.6 Å². The molecule has 26 heteroatoms. The number of amides is 6. The van der Waals surface area contributed by atoms with E-state index in [1.807, 2.05) is 0 Å². The molecule has 0 bridgehead atoms. The molecule has 0 fully saturated rings. The summed E-state index contributed by atoms with van der Waals surface area (Å²) in [6.45, 7) is 0.346. The van der Waals surface area contributed by atoms with Crippen molar-refractivity contribution in [2.24, 2.45) is 21.8 Å². The second-order valence-corrected chi connectivity index (χ2v) is 27.0. The summed E-state index contributed by atoms with van der Waals surface area (Å²) >= 11 is 1.74. The van der Waals surface area contributed by atoms with Crippen LogP contribution < -0.4 is 9.47 Å². The van der Waals surface area contributed by atoms with Gasteiger partial charge in [0.1, 0.15) is 95.9 Å². The van der Waals surface area contributed by atoms with Crippen LogP contribution in [0.5, 0.6) is 11.5 Å². The Morgan fingerprint density at radius 3 is 0.944 bits per heavy atom. The minimum absolute atomic E-state index is 0.0806. The smallest absolute Gasteiger partial charge is 0.424 e. The molecule has 4 aliphatic heterocycles. The highest BCUT2D eigenvalue weighted by Crippen LogP contribution is 2.59. The Hall–Kier alpha value is -13.8. The second-order valence-electron chi connectivity index (χ2n) is 25.0. The van der Waals surface area contributed by atoms with Crippen LogP contribution in [-0.2, 0) is 106 Å². The van der Waals surface area contributed by atoms with Crippen molar-refractivity contribution in [2.75, 3.05) is 0 Å². The third kappa shape index (κ3) is 13.5. The predicted molar refractivity (Wildman–Crippen MR) is 387 cm³/mol. The number of carbonyl (C=O) groups is 10. The number of nitrogens with zero attached hydrogens (tertiary/aromatic N) is 6. The number of carbonyl (C=O) groups excluding carboxylic acids is 10. The summed E-state index contributed by atoms with van der Waals surface area (Å²) in [7, 11) is 0. The topological polar surface area (TPSA) is 323 Å². The zero-order valence-corrected chi connectivity index (χ0v) is 58.7. The van der Waals surface area contributed by atoms with E-state index in [2.05, 4.69) is 9.98 Å². The molecule has 0 saturated carbocycles. The van der Waals surface area contributed by atoms with Gasteiger partial charge >= 0.3 is 47.3 Å². The fraction of sp³-hybridized carbons (Fsp3) is 0.146. The first-order valence-electron chi connectivity index (χ1n) is 33.4. The van der Waals surface area contributed by atoms with Gasteiger partial charge < -0.3 is 37.9 Å². The van der Waals surface area contributed by atoms with Gasteiger partial charge in [0.15, 0.2) is 0 Å². The van der Waals surface area contributed by atoms with E-state index < -0.39 is 105 Å². The number of nitriles is 2. The van der Waals surface area contributed by atoms with Crippen molar-refractivity contribution < 1.29 is 85.8 Å². The molecule has 0 radical (unpaired) electrons. The van der Waals surface area contributed by atoms with Crippen LogP contribution in [0.15, 0.2) is 262 Å². The van der Waals surface area contributed by atoms with Crippen LogP contribution in [-0.4, -0.2) is 92.1 Å².